The highest BCUT2D eigenvalue weighted by molar-refractivity contribution is 4.75. The minimum absolute atomic E-state index is 0.830. The van der Waals surface area contributed by atoms with Crippen molar-refractivity contribution in [2.75, 3.05) is 26.2 Å². The molecule has 2 aliphatic heterocycles. The minimum Gasteiger partial charge on any atom is -0.314 e. The molecular formula is C15H30N2. The average molecular weight is 238 g/mol. The van der Waals surface area contributed by atoms with E-state index in [0.717, 1.165) is 12.0 Å². The van der Waals surface area contributed by atoms with E-state index in [2.05, 4.69) is 17.1 Å². The third-order valence-corrected chi connectivity index (χ3v) is 4.72. The Morgan fingerprint density at radius 3 is 2.59 bits per heavy atom. The van der Waals surface area contributed by atoms with Gasteiger partial charge in [0.05, 0.1) is 0 Å². The molecule has 2 heteroatoms. The number of hydrogen-bond donors (Lipinski definition) is 1. The third kappa shape index (κ3) is 4.59. The molecule has 1 N–H and O–H groups in total. The SMILES string of the molecule is CCC1CCN(CCCC2CCCCN2)CC1. The molecule has 2 saturated heterocycles. The van der Waals surface area contributed by atoms with E-state index >= 15 is 0 Å². The standard InChI is InChI=1S/C15H30N2/c1-2-14-8-12-17(13-9-14)11-5-7-15-6-3-4-10-16-15/h14-16H,2-13H2,1H3. The van der Waals surface area contributed by atoms with Gasteiger partial charge in [0.15, 0.2) is 0 Å². The lowest BCUT2D eigenvalue weighted by Gasteiger charge is -2.32. The Labute approximate surface area is 107 Å². The van der Waals surface area contributed by atoms with Gasteiger partial charge >= 0.3 is 0 Å². The number of nitrogens with zero attached hydrogens (tertiary/aromatic N) is 1. The van der Waals surface area contributed by atoms with Crippen LogP contribution in [0, 0.1) is 5.92 Å². The molecule has 0 saturated carbocycles. The summed E-state index contributed by atoms with van der Waals surface area (Å²) < 4.78 is 0. The second-order valence-electron chi connectivity index (χ2n) is 5.98. The van der Waals surface area contributed by atoms with Crippen molar-refractivity contribution in [1.29, 1.82) is 0 Å². The lowest BCUT2D eigenvalue weighted by molar-refractivity contribution is 0.176. The fourth-order valence-electron chi connectivity index (χ4n) is 3.35. The number of likely N-dealkylation sites (tertiary alicyclic amines) is 1. The van der Waals surface area contributed by atoms with Crippen molar-refractivity contribution in [1.82, 2.24) is 10.2 Å². The highest BCUT2D eigenvalue weighted by Gasteiger charge is 2.18. The van der Waals surface area contributed by atoms with Crippen molar-refractivity contribution in [3.05, 3.63) is 0 Å². The van der Waals surface area contributed by atoms with Crippen LogP contribution in [0.15, 0.2) is 0 Å². The average Bonchev–Trinajstić information content (AvgIpc) is 2.41. The number of hydrogen-bond acceptors (Lipinski definition) is 2. The molecule has 2 fully saturated rings. The first-order chi connectivity index (χ1) is 8.38. The summed E-state index contributed by atoms with van der Waals surface area (Å²) in [6, 6.07) is 0.830. The van der Waals surface area contributed by atoms with E-state index in [1.165, 1.54) is 77.5 Å². The first-order valence-corrected chi connectivity index (χ1v) is 7.84. The Morgan fingerprint density at radius 1 is 1.12 bits per heavy atom. The molecule has 0 spiro atoms. The minimum atomic E-state index is 0.830. The van der Waals surface area contributed by atoms with Crippen LogP contribution in [0.4, 0.5) is 0 Å². The Morgan fingerprint density at radius 2 is 1.94 bits per heavy atom. The van der Waals surface area contributed by atoms with Gasteiger partial charge in [0.25, 0.3) is 0 Å². The largest absolute Gasteiger partial charge is 0.314 e. The summed E-state index contributed by atoms with van der Waals surface area (Å²) in [5, 5.41) is 3.65. The van der Waals surface area contributed by atoms with E-state index in [-0.39, 0.29) is 0 Å². The lowest BCUT2D eigenvalue weighted by atomic mass is 9.94. The van der Waals surface area contributed by atoms with Gasteiger partial charge in [-0.15, -0.1) is 0 Å². The van der Waals surface area contributed by atoms with Crippen molar-refractivity contribution < 1.29 is 0 Å². The lowest BCUT2D eigenvalue weighted by Crippen LogP contribution is -2.37. The van der Waals surface area contributed by atoms with Gasteiger partial charge < -0.3 is 10.2 Å². The Kier molecular flexibility index (Phi) is 5.79. The van der Waals surface area contributed by atoms with Crippen molar-refractivity contribution in [3.63, 3.8) is 0 Å². The molecule has 2 heterocycles. The van der Waals surface area contributed by atoms with Gasteiger partial charge in [-0.25, -0.2) is 0 Å². The van der Waals surface area contributed by atoms with Crippen molar-refractivity contribution in [2.24, 2.45) is 5.92 Å². The zero-order chi connectivity index (χ0) is 11.9. The predicted molar refractivity (Wildman–Crippen MR) is 74.3 cm³/mol. The summed E-state index contributed by atoms with van der Waals surface area (Å²) in [6.45, 7) is 7.66. The summed E-state index contributed by atoms with van der Waals surface area (Å²) in [5.74, 6) is 1.02. The molecule has 2 nitrogen and oxygen atoms in total. The zero-order valence-corrected chi connectivity index (χ0v) is 11.6. The Hall–Kier alpha value is -0.0800. The quantitative estimate of drug-likeness (QED) is 0.792. The van der Waals surface area contributed by atoms with Crippen LogP contribution in [0.1, 0.15) is 58.3 Å². The molecule has 0 radical (unpaired) electrons. The monoisotopic (exact) mass is 238 g/mol. The first kappa shape index (κ1) is 13.4. The fraction of sp³-hybridized carbons (Fsp3) is 1.00. The van der Waals surface area contributed by atoms with Crippen LogP contribution in [-0.2, 0) is 0 Å². The highest BCUT2D eigenvalue weighted by atomic mass is 15.1. The maximum atomic E-state index is 3.65. The Bertz CT molecular complexity index is 191. The summed E-state index contributed by atoms with van der Waals surface area (Å²) in [4.78, 5) is 2.69. The highest BCUT2D eigenvalue weighted by Crippen LogP contribution is 2.20. The molecule has 0 aromatic carbocycles. The first-order valence-electron chi connectivity index (χ1n) is 7.84. The molecule has 17 heavy (non-hydrogen) atoms. The van der Waals surface area contributed by atoms with Crippen LogP contribution < -0.4 is 5.32 Å². The normalized spacial score (nSPS) is 28.4. The third-order valence-electron chi connectivity index (χ3n) is 4.72. The molecule has 2 rings (SSSR count). The van der Waals surface area contributed by atoms with Gasteiger partial charge in [-0.1, -0.05) is 19.8 Å². The molecule has 0 aromatic rings. The smallest absolute Gasteiger partial charge is 0.00675 e. The van der Waals surface area contributed by atoms with Gasteiger partial charge in [-0.05, 0) is 70.6 Å². The molecule has 2 aliphatic rings. The molecular weight excluding hydrogens is 208 g/mol. The van der Waals surface area contributed by atoms with Gasteiger partial charge in [0.1, 0.15) is 0 Å². The molecule has 0 aromatic heterocycles. The molecule has 0 aliphatic carbocycles. The Balaban J connectivity index is 1.53. The second kappa shape index (κ2) is 7.38. The molecule has 100 valence electrons. The van der Waals surface area contributed by atoms with E-state index in [0.29, 0.717) is 0 Å². The van der Waals surface area contributed by atoms with E-state index < -0.39 is 0 Å². The topological polar surface area (TPSA) is 15.3 Å². The van der Waals surface area contributed by atoms with Crippen molar-refractivity contribution in [3.8, 4) is 0 Å². The van der Waals surface area contributed by atoms with Crippen LogP contribution in [0.5, 0.6) is 0 Å². The molecule has 0 bridgehead atoms. The predicted octanol–water partition coefficient (Wildman–Crippen LogP) is 3.03. The number of rotatable bonds is 5. The van der Waals surface area contributed by atoms with Gasteiger partial charge in [-0.2, -0.15) is 0 Å². The summed E-state index contributed by atoms with van der Waals surface area (Å²) in [6.07, 6.45) is 11.3. The van der Waals surface area contributed by atoms with Crippen molar-refractivity contribution >= 4 is 0 Å². The number of piperidine rings is 2. The maximum Gasteiger partial charge on any atom is 0.00675 e. The van der Waals surface area contributed by atoms with Crippen LogP contribution >= 0.6 is 0 Å². The van der Waals surface area contributed by atoms with Crippen molar-refractivity contribution in [2.45, 2.75) is 64.3 Å². The number of nitrogens with one attached hydrogen (secondary N) is 1. The molecule has 1 atom stereocenters. The zero-order valence-electron chi connectivity index (χ0n) is 11.6. The molecule has 0 amide bonds. The van der Waals surface area contributed by atoms with E-state index in [1.807, 2.05) is 0 Å². The van der Waals surface area contributed by atoms with Gasteiger partial charge in [-0.3, -0.25) is 0 Å². The van der Waals surface area contributed by atoms with Gasteiger partial charge in [0.2, 0.25) is 0 Å². The van der Waals surface area contributed by atoms with Crippen LogP contribution in [0.3, 0.4) is 0 Å². The van der Waals surface area contributed by atoms with Gasteiger partial charge in [0, 0.05) is 6.04 Å². The van der Waals surface area contributed by atoms with E-state index in [1.54, 1.807) is 0 Å². The van der Waals surface area contributed by atoms with E-state index in [9.17, 15) is 0 Å². The second-order valence-corrected chi connectivity index (χ2v) is 5.98. The maximum absolute atomic E-state index is 3.65. The molecule has 1 unspecified atom stereocenters. The summed E-state index contributed by atoms with van der Waals surface area (Å²) in [7, 11) is 0. The summed E-state index contributed by atoms with van der Waals surface area (Å²) in [5.41, 5.74) is 0. The van der Waals surface area contributed by atoms with Crippen LogP contribution in [-0.4, -0.2) is 37.1 Å². The van der Waals surface area contributed by atoms with Crippen LogP contribution in [0.25, 0.3) is 0 Å². The van der Waals surface area contributed by atoms with Crippen LogP contribution in [0.2, 0.25) is 0 Å². The summed E-state index contributed by atoms with van der Waals surface area (Å²) >= 11 is 0. The van der Waals surface area contributed by atoms with E-state index in [4.69, 9.17) is 0 Å². The fourth-order valence-corrected chi connectivity index (χ4v) is 3.35.